The van der Waals surface area contributed by atoms with Crippen LogP contribution in [0.3, 0.4) is 0 Å². The molecule has 0 aromatic rings. The maximum Gasteiger partial charge on any atom is 0.0373 e. The molecule has 100 valence electrons. The zero-order chi connectivity index (χ0) is 12.7. The van der Waals surface area contributed by atoms with E-state index in [-0.39, 0.29) is 0 Å². The van der Waals surface area contributed by atoms with Crippen LogP contribution in [0.25, 0.3) is 0 Å². The Labute approximate surface area is 107 Å². The Hall–Kier alpha value is -0.380. The summed E-state index contributed by atoms with van der Waals surface area (Å²) in [6, 6.07) is 1.21. The number of nitrogens with zero attached hydrogens (tertiary/aromatic N) is 2. The molecule has 0 bridgehead atoms. The SMILES string of the molecule is C=CCCC(NCC)C1CN(C)CCCN1C. The lowest BCUT2D eigenvalue weighted by molar-refractivity contribution is 0.174. The Bertz CT molecular complexity index is 218. The summed E-state index contributed by atoms with van der Waals surface area (Å²) in [6.45, 7) is 10.7. The van der Waals surface area contributed by atoms with Crippen molar-refractivity contribution in [2.45, 2.75) is 38.3 Å². The number of rotatable bonds is 6. The van der Waals surface area contributed by atoms with Gasteiger partial charge in [0, 0.05) is 18.6 Å². The van der Waals surface area contributed by atoms with E-state index in [9.17, 15) is 0 Å². The molecule has 1 heterocycles. The third-order valence-corrected chi connectivity index (χ3v) is 3.73. The monoisotopic (exact) mass is 239 g/mol. The predicted molar refractivity (Wildman–Crippen MR) is 75.4 cm³/mol. The fourth-order valence-electron chi connectivity index (χ4n) is 2.73. The van der Waals surface area contributed by atoms with Crippen LogP contribution in [0, 0.1) is 0 Å². The quantitative estimate of drug-likeness (QED) is 0.710. The van der Waals surface area contributed by atoms with Crippen molar-refractivity contribution in [3.63, 3.8) is 0 Å². The van der Waals surface area contributed by atoms with Crippen LogP contribution in [0.1, 0.15) is 26.2 Å². The van der Waals surface area contributed by atoms with Gasteiger partial charge in [-0.15, -0.1) is 6.58 Å². The van der Waals surface area contributed by atoms with E-state index in [0.717, 1.165) is 13.0 Å². The summed E-state index contributed by atoms with van der Waals surface area (Å²) in [5.41, 5.74) is 0. The van der Waals surface area contributed by atoms with Crippen molar-refractivity contribution in [3.8, 4) is 0 Å². The number of allylic oxidation sites excluding steroid dienone is 1. The highest BCUT2D eigenvalue weighted by molar-refractivity contribution is 4.88. The van der Waals surface area contributed by atoms with Crippen LogP contribution in [0.2, 0.25) is 0 Å². The summed E-state index contributed by atoms with van der Waals surface area (Å²) in [5, 5.41) is 3.65. The summed E-state index contributed by atoms with van der Waals surface area (Å²) in [4.78, 5) is 4.99. The number of hydrogen-bond acceptors (Lipinski definition) is 3. The molecule has 0 aromatic carbocycles. The van der Waals surface area contributed by atoms with E-state index in [2.05, 4.69) is 42.7 Å². The minimum atomic E-state index is 0.587. The Morgan fingerprint density at radius 2 is 2.18 bits per heavy atom. The van der Waals surface area contributed by atoms with E-state index in [1.54, 1.807) is 0 Å². The summed E-state index contributed by atoms with van der Waals surface area (Å²) >= 11 is 0. The van der Waals surface area contributed by atoms with Gasteiger partial charge in [-0.1, -0.05) is 13.0 Å². The zero-order valence-electron chi connectivity index (χ0n) is 11.8. The minimum absolute atomic E-state index is 0.587. The van der Waals surface area contributed by atoms with Crippen molar-refractivity contribution < 1.29 is 0 Å². The van der Waals surface area contributed by atoms with Crippen molar-refractivity contribution in [2.75, 3.05) is 40.3 Å². The van der Waals surface area contributed by atoms with E-state index < -0.39 is 0 Å². The van der Waals surface area contributed by atoms with Gasteiger partial charge >= 0.3 is 0 Å². The van der Waals surface area contributed by atoms with Crippen molar-refractivity contribution in [1.82, 2.24) is 15.1 Å². The molecule has 2 unspecified atom stereocenters. The average Bonchev–Trinajstić information content (AvgIpc) is 2.47. The fraction of sp³-hybridized carbons (Fsp3) is 0.857. The Morgan fingerprint density at radius 1 is 1.41 bits per heavy atom. The van der Waals surface area contributed by atoms with Gasteiger partial charge in [0.25, 0.3) is 0 Å². The van der Waals surface area contributed by atoms with Crippen LogP contribution >= 0.6 is 0 Å². The summed E-state index contributed by atoms with van der Waals surface area (Å²) in [6.07, 6.45) is 5.61. The maximum absolute atomic E-state index is 3.84. The van der Waals surface area contributed by atoms with Gasteiger partial charge in [0.2, 0.25) is 0 Å². The molecule has 3 nitrogen and oxygen atoms in total. The molecule has 2 atom stereocenters. The van der Waals surface area contributed by atoms with Gasteiger partial charge in [-0.2, -0.15) is 0 Å². The summed E-state index contributed by atoms with van der Waals surface area (Å²) < 4.78 is 0. The highest BCUT2D eigenvalue weighted by Gasteiger charge is 2.27. The number of hydrogen-bond donors (Lipinski definition) is 1. The van der Waals surface area contributed by atoms with Gasteiger partial charge in [0.05, 0.1) is 0 Å². The topological polar surface area (TPSA) is 18.5 Å². The lowest BCUT2D eigenvalue weighted by atomic mass is 10.0. The standard InChI is InChI=1S/C14H29N3/c1-5-7-9-13(15-6-2)14-12-16(3)10-8-11-17(14)4/h5,13-15H,1,6-12H2,2-4H3. The molecule has 0 aromatic heterocycles. The molecule has 1 aliphatic heterocycles. The van der Waals surface area contributed by atoms with Gasteiger partial charge in [-0.3, -0.25) is 0 Å². The smallest absolute Gasteiger partial charge is 0.0373 e. The number of likely N-dealkylation sites (N-methyl/N-ethyl adjacent to an activating group) is 3. The molecular weight excluding hydrogens is 210 g/mol. The normalized spacial score (nSPS) is 25.5. The lowest BCUT2D eigenvalue weighted by Gasteiger charge is -2.35. The first-order valence-electron chi connectivity index (χ1n) is 6.92. The van der Waals surface area contributed by atoms with Crippen molar-refractivity contribution in [2.24, 2.45) is 0 Å². The van der Waals surface area contributed by atoms with E-state index >= 15 is 0 Å². The van der Waals surface area contributed by atoms with Crippen LogP contribution in [0.5, 0.6) is 0 Å². The summed E-state index contributed by atoms with van der Waals surface area (Å²) in [7, 11) is 4.50. The minimum Gasteiger partial charge on any atom is -0.313 e. The molecular formula is C14H29N3. The van der Waals surface area contributed by atoms with Gasteiger partial charge < -0.3 is 15.1 Å². The first-order chi connectivity index (χ1) is 8.19. The highest BCUT2D eigenvalue weighted by Crippen LogP contribution is 2.14. The summed E-state index contributed by atoms with van der Waals surface area (Å²) in [5.74, 6) is 0. The Morgan fingerprint density at radius 3 is 2.82 bits per heavy atom. The molecule has 17 heavy (non-hydrogen) atoms. The second kappa shape index (κ2) is 7.85. The van der Waals surface area contributed by atoms with E-state index in [1.165, 1.54) is 32.5 Å². The molecule has 0 saturated carbocycles. The van der Waals surface area contributed by atoms with Crippen LogP contribution in [-0.4, -0.2) is 62.2 Å². The molecule has 1 aliphatic rings. The van der Waals surface area contributed by atoms with Crippen molar-refractivity contribution in [1.29, 1.82) is 0 Å². The maximum atomic E-state index is 3.84. The molecule has 3 heteroatoms. The van der Waals surface area contributed by atoms with Gasteiger partial charge in [0.15, 0.2) is 0 Å². The van der Waals surface area contributed by atoms with E-state index in [1.807, 2.05) is 6.08 Å². The average molecular weight is 239 g/mol. The molecule has 0 amide bonds. The molecule has 1 fully saturated rings. The molecule has 1 rings (SSSR count). The highest BCUT2D eigenvalue weighted by atomic mass is 15.2. The largest absolute Gasteiger partial charge is 0.313 e. The van der Waals surface area contributed by atoms with E-state index in [4.69, 9.17) is 0 Å². The molecule has 0 radical (unpaired) electrons. The first-order valence-corrected chi connectivity index (χ1v) is 6.92. The second-order valence-corrected chi connectivity index (χ2v) is 5.19. The van der Waals surface area contributed by atoms with Gasteiger partial charge in [0.1, 0.15) is 0 Å². The van der Waals surface area contributed by atoms with Gasteiger partial charge in [-0.05, 0) is 53.0 Å². The molecule has 0 spiro atoms. The molecule has 0 aliphatic carbocycles. The van der Waals surface area contributed by atoms with Crippen LogP contribution < -0.4 is 5.32 Å². The predicted octanol–water partition coefficient (Wildman–Crippen LogP) is 1.57. The third-order valence-electron chi connectivity index (χ3n) is 3.73. The van der Waals surface area contributed by atoms with Crippen molar-refractivity contribution >= 4 is 0 Å². The zero-order valence-corrected chi connectivity index (χ0v) is 11.8. The lowest BCUT2D eigenvalue weighted by Crippen LogP contribution is -2.52. The third kappa shape index (κ3) is 4.78. The van der Waals surface area contributed by atoms with Crippen LogP contribution in [-0.2, 0) is 0 Å². The van der Waals surface area contributed by atoms with E-state index in [0.29, 0.717) is 12.1 Å². The molecule has 1 N–H and O–H groups in total. The Balaban J connectivity index is 2.63. The van der Waals surface area contributed by atoms with Crippen LogP contribution in [0.15, 0.2) is 12.7 Å². The molecule has 1 saturated heterocycles. The Kier molecular flexibility index (Phi) is 6.78. The fourth-order valence-corrected chi connectivity index (χ4v) is 2.73. The van der Waals surface area contributed by atoms with Crippen molar-refractivity contribution in [3.05, 3.63) is 12.7 Å². The second-order valence-electron chi connectivity index (χ2n) is 5.19. The first kappa shape index (κ1) is 14.7. The van der Waals surface area contributed by atoms with Crippen LogP contribution in [0.4, 0.5) is 0 Å². The number of nitrogens with one attached hydrogen (secondary N) is 1. The van der Waals surface area contributed by atoms with Gasteiger partial charge in [-0.25, -0.2) is 0 Å².